The van der Waals surface area contributed by atoms with Crippen LogP contribution in [0.4, 0.5) is 27.6 Å². The summed E-state index contributed by atoms with van der Waals surface area (Å²) in [5.74, 6) is -0.704. The molecule has 0 bridgehead atoms. The molecule has 182 valence electrons. The number of carbonyl (C=O) groups is 1. The molecular weight excluding hydrogens is 457 g/mol. The molecule has 5 nitrogen and oxygen atoms in total. The Hall–Kier alpha value is -3.43. The van der Waals surface area contributed by atoms with Crippen LogP contribution in [-0.4, -0.2) is 15.7 Å². The van der Waals surface area contributed by atoms with Crippen molar-refractivity contribution < 1.29 is 31.5 Å². The number of rotatable bonds is 5. The number of aromatic nitrogens is 2. The van der Waals surface area contributed by atoms with E-state index in [2.05, 4.69) is 10.4 Å². The van der Waals surface area contributed by atoms with Gasteiger partial charge in [-0.3, -0.25) is 9.48 Å². The van der Waals surface area contributed by atoms with E-state index in [-0.39, 0.29) is 16.9 Å². The van der Waals surface area contributed by atoms with Gasteiger partial charge in [0.05, 0.1) is 16.8 Å². The number of amides is 1. The molecule has 1 heterocycles. The Morgan fingerprint density at radius 3 is 2.32 bits per heavy atom. The summed E-state index contributed by atoms with van der Waals surface area (Å²) in [5, 5.41) is 5.85. The summed E-state index contributed by atoms with van der Waals surface area (Å²) in [4.78, 5) is 12.8. The fourth-order valence-corrected chi connectivity index (χ4v) is 3.38. The first kappa shape index (κ1) is 25.2. The SMILES string of the molecule is Cc1ccc(C(C)(C)C)c(Oc2ccc(C(F)(F)F)cc2NC(=O)c2cn(C)nc2C(F)F)c1. The Labute approximate surface area is 193 Å². The minimum absolute atomic E-state index is 0.0695. The average molecular weight is 481 g/mol. The minimum atomic E-state index is -4.69. The molecular formula is C24H24F5N3O2. The standard InChI is InChI=1S/C24H24F5N3O2/c1-13-6-8-16(23(2,3)4)19(10-13)34-18-9-7-14(24(27,28)29)11-17(18)30-22(33)15-12-32(5)31-20(15)21(25)26/h6-12,21H,1-5H3,(H,30,33). The number of carbonyl (C=O) groups excluding carboxylic acids is 1. The highest BCUT2D eigenvalue weighted by Crippen LogP contribution is 2.40. The molecule has 0 aliphatic heterocycles. The molecule has 3 aromatic rings. The van der Waals surface area contributed by atoms with Crippen LogP contribution >= 0.6 is 0 Å². The number of nitrogens with zero attached hydrogens (tertiary/aromatic N) is 2. The Morgan fingerprint density at radius 1 is 1.06 bits per heavy atom. The molecule has 34 heavy (non-hydrogen) atoms. The van der Waals surface area contributed by atoms with Crippen LogP contribution in [-0.2, 0) is 18.6 Å². The van der Waals surface area contributed by atoms with E-state index in [4.69, 9.17) is 4.74 Å². The lowest BCUT2D eigenvalue weighted by atomic mass is 9.86. The number of hydrogen-bond donors (Lipinski definition) is 1. The molecule has 1 aromatic heterocycles. The highest BCUT2D eigenvalue weighted by atomic mass is 19.4. The number of benzene rings is 2. The summed E-state index contributed by atoms with van der Waals surface area (Å²) >= 11 is 0. The zero-order chi connectivity index (χ0) is 25.4. The second-order valence-corrected chi connectivity index (χ2v) is 8.92. The molecule has 0 aliphatic carbocycles. The van der Waals surface area contributed by atoms with Crippen LogP contribution in [0.5, 0.6) is 11.5 Å². The molecule has 0 spiro atoms. The van der Waals surface area contributed by atoms with E-state index in [1.807, 2.05) is 39.8 Å². The van der Waals surface area contributed by atoms with Gasteiger partial charge in [0, 0.05) is 18.8 Å². The van der Waals surface area contributed by atoms with Crippen molar-refractivity contribution in [1.82, 2.24) is 9.78 Å². The Kier molecular flexibility index (Phi) is 6.73. The average Bonchev–Trinajstić information content (AvgIpc) is 3.10. The molecule has 0 saturated carbocycles. The molecule has 0 saturated heterocycles. The van der Waals surface area contributed by atoms with Gasteiger partial charge in [0.15, 0.2) is 5.75 Å². The third kappa shape index (κ3) is 5.55. The van der Waals surface area contributed by atoms with Crippen LogP contribution in [0.3, 0.4) is 0 Å². The Bertz CT molecular complexity index is 1210. The highest BCUT2D eigenvalue weighted by Gasteiger charge is 2.32. The zero-order valence-electron chi connectivity index (χ0n) is 19.2. The molecule has 0 atom stereocenters. The molecule has 0 unspecified atom stereocenters. The van der Waals surface area contributed by atoms with Crippen LogP contribution in [0.15, 0.2) is 42.6 Å². The summed E-state index contributed by atoms with van der Waals surface area (Å²) in [7, 11) is 1.35. The van der Waals surface area contributed by atoms with Gasteiger partial charge in [0.25, 0.3) is 12.3 Å². The van der Waals surface area contributed by atoms with Crippen LogP contribution in [0, 0.1) is 6.92 Å². The first-order valence-electron chi connectivity index (χ1n) is 10.3. The van der Waals surface area contributed by atoms with E-state index in [1.54, 1.807) is 6.07 Å². The van der Waals surface area contributed by atoms with Crippen molar-refractivity contribution in [2.24, 2.45) is 7.05 Å². The molecule has 0 radical (unpaired) electrons. The number of alkyl halides is 5. The lowest BCUT2D eigenvalue weighted by Gasteiger charge is -2.24. The van der Waals surface area contributed by atoms with Gasteiger partial charge in [-0.25, -0.2) is 8.78 Å². The monoisotopic (exact) mass is 481 g/mol. The molecule has 0 aliphatic rings. The predicted molar refractivity (Wildman–Crippen MR) is 118 cm³/mol. The van der Waals surface area contributed by atoms with Gasteiger partial charge in [0.1, 0.15) is 11.4 Å². The van der Waals surface area contributed by atoms with Gasteiger partial charge in [-0.2, -0.15) is 18.3 Å². The van der Waals surface area contributed by atoms with E-state index in [9.17, 15) is 26.7 Å². The third-order valence-electron chi connectivity index (χ3n) is 5.03. The second-order valence-electron chi connectivity index (χ2n) is 8.92. The molecule has 0 fully saturated rings. The van der Waals surface area contributed by atoms with Crippen molar-refractivity contribution >= 4 is 11.6 Å². The molecule has 1 amide bonds. The Balaban J connectivity index is 2.07. The molecule has 1 N–H and O–H groups in total. The number of hydrogen-bond acceptors (Lipinski definition) is 3. The minimum Gasteiger partial charge on any atom is -0.455 e. The highest BCUT2D eigenvalue weighted by molar-refractivity contribution is 6.05. The topological polar surface area (TPSA) is 56.1 Å². The van der Waals surface area contributed by atoms with Crippen LogP contribution in [0.1, 0.15) is 59.9 Å². The fraction of sp³-hybridized carbons (Fsp3) is 0.333. The Morgan fingerprint density at radius 2 is 1.74 bits per heavy atom. The molecule has 2 aromatic carbocycles. The maximum atomic E-state index is 13.4. The van der Waals surface area contributed by atoms with Gasteiger partial charge in [-0.05, 0) is 42.2 Å². The van der Waals surface area contributed by atoms with E-state index < -0.39 is 35.3 Å². The predicted octanol–water partition coefficient (Wildman–Crippen LogP) is 7.03. The molecule has 10 heteroatoms. The quantitative estimate of drug-likeness (QED) is 0.398. The van der Waals surface area contributed by atoms with Crippen molar-refractivity contribution in [2.75, 3.05) is 5.32 Å². The smallest absolute Gasteiger partial charge is 0.416 e. The number of halogens is 5. The van der Waals surface area contributed by atoms with Crippen molar-refractivity contribution in [3.63, 3.8) is 0 Å². The van der Waals surface area contributed by atoms with E-state index >= 15 is 0 Å². The summed E-state index contributed by atoms with van der Waals surface area (Å²) in [5.41, 5.74) is -1.27. The zero-order valence-corrected chi connectivity index (χ0v) is 19.2. The van der Waals surface area contributed by atoms with Gasteiger partial charge >= 0.3 is 6.18 Å². The number of nitrogens with one attached hydrogen (secondary N) is 1. The van der Waals surface area contributed by atoms with E-state index in [0.29, 0.717) is 11.8 Å². The second kappa shape index (κ2) is 9.08. The normalized spacial score (nSPS) is 12.2. The van der Waals surface area contributed by atoms with Gasteiger partial charge in [-0.1, -0.05) is 32.9 Å². The van der Waals surface area contributed by atoms with Crippen LogP contribution in [0.25, 0.3) is 0 Å². The molecule has 3 rings (SSSR count). The third-order valence-corrected chi connectivity index (χ3v) is 5.03. The van der Waals surface area contributed by atoms with Crippen molar-refractivity contribution in [3.05, 3.63) is 70.5 Å². The number of aryl methyl sites for hydroxylation is 2. The van der Waals surface area contributed by atoms with E-state index in [0.717, 1.165) is 34.1 Å². The van der Waals surface area contributed by atoms with E-state index in [1.165, 1.54) is 7.05 Å². The van der Waals surface area contributed by atoms with Gasteiger partial charge in [-0.15, -0.1) is 0 Å². The maximum Gasteiger partial charge on any atom is 0.416 e. The summed E-state index contributed by atoms with van der Waals surface area (Å²) < 4.78 is 73.7. The van der Waals surface area contributed by atoms with Gasteiger partial charge < -0.3 is 10.1 Å². The van der Waals surface area contributed by atoms with Crippen molar-refractivity contribution in [3.8, 4) is 11.5 Å². The van der Waals surface area contributed by atoms with Crippen LogP contribution in [0.2, 0.25) is 0 Å². The summed E-state index contributed by atoms with van der Waals surface area (Å²) in [6, 6.07) is 8.10. The first-order chi connectivity index (χ1) is 15.7. The summed E-state index contributed by atoms with van der Waals surface area (Å²) in [6.07, 6.45) is -6.66. The maximum absolute atomic E-state index is 13.4. The van der Waals surface area contributed by atoms with Crippen LogP contribution < -0.4 is 10.1 Å². The van der Waals surface area contributed by atoms with Crippen molar-refractivity contribution in [2.45, 2.75) is 45.7 Å². The first-order valence-corrected chi connectivity index (χ1v) is 10.3. The largest absolute Gasteiger partial charge is 0.455 e. The van der Waals surface area contributed by atoms with Gasteiger partial charge in [0.2, 0.25) is 0 Å². The fourth-order valence-electron chi connectivity index (χ4n) is 3.38. The lowest BCUT2D eigenvalue weighted by molar-refractivity contribution is -0.137. The lowest BCUT2D eigenvalue weighted by Crippen LogP contribution is -2.16. The number of ether oxygens (including phenoxy) is 1. The number of anilines is 1. The summed E-state index contributed by atoms with van der Waals surface area (Å²) in [6.45, 7) is 7.69. The van der Waals surface area contributed by atoms with Crippen molar-refractivity contribution in [1.29, 1.82) is 0 Å².